The maximum atomic E-state index is 9.51. The third-order valence-electron chi connectivity index (χ3n) is 2.69. The van der Waals surface area contributed by atoms with E-state index in [9.17, 15) is 5.11 Å². The molecule has 0 aliphatic rings. The van der Waals surface area contributed by atoms with Crippen molar-refractivity contribution in [3.63, 3.8) is 0 Å². The number of aromatic hydroxyl groups is 1. The average Bonchev–Trinajstić information content (AvgIpc) is 2.35. The van der Waals surface area contributed by atoms with Crippen LogP contribution in [0.2, 0.25) is 5.02 Å². The van der Waals surface area contributed by atoms with Gasteiger partial charge in [-0.1, -0.05) is 30.7 Å². The molecule has 0 spiro atoms. The number of hydrogen-bond acceptors (Lipinski definition) is 2. The maximum Gasteiger partial charge on any atom is 0.134 e. The highest BCUT2D eigenvalue weighted by molar-refractivity contribution is 6.32. The van der Waals surface area contributed by atoms with E-state index in [1.165, 1.54) is 5.56 Å². The van der Waals surface area contributed by atoms with Crippen molar-refractivity contribution >= 4 is 11.6 Å². The summed E-state index contributed by atoms with van der Waals surface area (Å²) in [6.07, 6.45) is 3.59. The van der Waals surface area contributed by atoms with Crippen molar-refractivity contribution in [2.24, 2.45) is 0 Å². The highest BCUT2D eigenvalue weighted by Crippen LogP contribution is 2.24. The fraction of sp³-hybridized carbons (Fsp3) is 0.214. The molecule has 0 amide bonds. The van der Waals surface area contributed by atoms with Crippen molar-refractivity contribution in [1.29, 1.82) is 0 Å². The van der Waals surface area contributed by atoms with E-state index in [-0.39, 0.29) is 5.75 Å². The fourth-order valence-corrected chi connectivity index (χ4v) is 1.76. The van der Waals surface area contributed by atoms with Crippen molar-refractivity contribution in [1.82, 2.24) is 4.98 Å². The van der Waals surface area contributed by atoms with E-state index in [0.717, 1.165) is 17.7 Å². The van der Waals surface area contributed by atoms with E-state index in [4.69, 9.17) is 11.6 Å². The molecule has 88 valence electrons. The smallest absolute Gasteiger partial charge is 0.134 e. The summed E-state index contributed by atoms with van der Waals surface area (Å²) in [6, 6.07) is 9.38. The SMILES string of the molecule is CCc1ccc(Cc2ccc(Cl)c(O)c2)nc1. The lowest BCUT2D eigenvalue weighted by molar-refractivity contribution is 0.475. The quantitative estimate of drug-likeness (QED) is 0.899. The monoisotopic (exact) mass is 247 g/mol. The molecule has 0 radical (unpaired) electrons. The lowest BCUT2D eigenvalue weighted by Gasteiger charge is -2.04. The van der Waals surface area contributed by atoms with Gasteiger partial charge in [0.25, 0.3) is 0 Å². The molecule has 0 atom stereocenters. The third kappa shape index (κ3) is 2.98. The first kappa shape index (κ1) is 11.9. The number of hydrogen-bond donors (Lipinski definition) is 1. The summed E-state index contributed by atoms with van der Waals surface area (Å²) >= 11 is 5.76. The highest BCUT2D eigenvalue weighted by Gasteiger charge is 2.02. The van der Waals surface area contributed by atoms with Crippen molar-refractivity contribution in [3.05, 3.63) is 58.4 Å². The van der Waals surface area contributed by atoms with Gasteiger partial charge in [-0.2, -0.15) is 0 Å². The molecule has 0 fully saturated rings. The van der Waals surface area contributed by atoms with Gasteiger partial charge >= 0.3 is 0 Å². The van der Waals surface area contributed by atoms with E-state index in [2.05, 4.69) is 18.0 Å². The second-order valence-electron chi connectivity index (χ2n) is 3.97. The predicted octanol–water partition coefficient (Wildman–Crippen LogP) is 3.59. The average molecular weight is 248 g/mol. The Balaban J connectivity index is 2.16. The summed E-state index contributed by atoms with van der Waals surface area (Å²) in [5.74, 6) is 0.120. The number of benzene rings is 1. The number of aryl methyl sites for hydroxylation is 1. The number of phenols is 1. The predicted molar refractivity (Wildman–Crippen MR) is 69.5 cm³/mol. The third-order valence-corrected chi connectivity index (χ3v) is 3.01. The molecule has 2 nitrogen and oxygen atoms in total. The van der Waals surface area contributed by atoms with Gasteiger partial charge in [0.15, 0.2) is 0 Å². The van der Waals surface area contributed by atoms with Crippen LogP contribution >= 0.6 is 11.6 Å². The van der Waals surface area contributed by atoms with E-state index in [1.807, 2.05) is 18.3 Å². The Morgan fingerprint density at radius 2 is 1.94 bits per heavy atom. The Hall–Kier alpha value is -1.54. The van der Waals surface area contributed by atoms with Crippen LogP contribution in [0.1, 0.15) is 23.7 Å². The van der Waals surface area contributed by atoms with Gasteiger partial charge in [0.05, 0.1) is 5.02 Å². The standard InChI is InChI=1S/C14H14ClNO/c1-2-10-3-5-12(16-9-10)7-11-4-6-13(15)14(17)8-11/h3-6,8-9,17H,2,7H2,1H3. The lowest BCUT2D eigenvalue weighted by atomic mass is 10.1. The zero-order chi connectivity index (χ0) is 12.3. The minimum Gasteiger partial charge on any atom is -0.506 e. The summed E-state index contributed by atoms with van der Waals surface area (Å²) in [6.45, 7) is 2.11. The Morgan fingerprint density at radius 1 is 1.18 bits per heavy atom. The zero-order valence-corrected chi connectivity index (χ0v) is 10.4. The van der Waals surface area contributed by atoms with Crippen molar-refractivity contribution in [2.75, 3.05) is 0 Å². The van der Waals surface area contributed by atoms with Crippen LogP contribution in [0.15, 0.2) is 36.5 Å². The van der Waals surface area contributed by atoms with E-state index < -0.39 is 0 Å². The van der Waals surface area contributed by atoms with Crippen molar-refractivity contribution in [3.8, 4) is 5.75 Å². The first-order valence-electron chi connectivity index (χ1n) is 5.60. The molecule has 17 heavy (non-hydrogen) atoms. The van der Waals surface area contributed by atoms with E-state index >= 15 is 0 Å². The minimum atomic E-state index is 0.120. The zero-order valence-electron chi connectivity index (χ0n) is 9.65. The summed E-state index contributed by atoms with van der Waals surface area (Å²) in [7, 11) is 0. The Labute approximate surface area is 106 Å². The molecule has 1 heterocycles. The van der Waals surface area contributed by atoms with Gasteiger partial charge < -0.3 is 5.11 Å². The molecule has 0 saturated heterocycles. The number of halogens is 1. The lowest BCUT2D eigenvalue weighted by Crippen LogP contribution is -1.93. The van der Waals surface area contributed by atoms with Gasteiger partial charge in [-0.05, 0) is 35.7 Å². The van der Waals surface area contributed by atoms with Gasteiger partial charge in [-0.25, -0.2) is 0 Å². The molecule has 0 aliphatic carbocycles. The molecule has 2 rings (SSSR count). The molecule has 1 N–H and O–H groups in total. The van der Waals surface area contributed by atoms with E-state index in [0.29, 0.717) is 11.4 Å². The largest absolute Gasteiger partial charge is 0.506 e. The van der Waals surface area contributed by atoms with Gasteiger partial charge in [0.2, 0.25) is 0 Å². The van der Waals surface area contributed by atoms with Crippen LogP contribution in [0.4, 0.5) is 0 Å². The first-order valence-corrected chi connectivity index (χ1v) is 5.98. The van der Waals surface area contributed by atoms with Gasteiger partial charge in [0, 0.05) is 18.3 Å². The van der Waals surface area contributed by atoms with Gasteiger partial charge in [-0.15, -0.1) is 0 Å². The molecule has 0 saturated carbocycles. The fourth-order valence-electron chi connectivity index (χ4n) is 1.65. The molecule has 3 heteroatoms. The molecule has 0 bridgehead atoms. The Bertz CT molecular complexity index is 508. The summed E-state index contributed by atoms with van der Waals surface area (Å²) in [4.78, 5) is 4.38. The maximum absolute atomic E-state index is 9.51. The molecular weight excluding hydrogens is 234 g/mol. The minimum absolute atomic E-state index is 0.120. The van der Waals surface area contributed by atoms with E-state index in [1.54, 1.807) is 12.1 Å². The second kappa shape index (κ2) is 5.19. The Kier molecular flexibility index (Phi) is 3.64. The summed E-state index contributed by atoms with van der Waals surface area (Å²) < 4.78 is 0. The molecule has 2 aromatic rings. The molecule has 1 aromatic carbocycles. The molecular formula is C14H14ClNO. The van der Waals surface area contributed by atoms with Crippen LogP contribution in [0.5, 0.6) is 5.75 Å². The van der Waals surface area contributed by atoms with Gasteiger partial charge in [-0.3, -0.25) is 4.98 Å². The normalized spacial score (nSPS) is 10.5. The number of nitrogens with zero attached hydrogens (tertiary/aromatic N) is 1. The molecule has 1 aromatic heterocycles. The summed E-state index contributed by atoms with van der Waals surface area (Å²) in [5.41, 5.74) is 3.22. The van der Waals surface area contributed by atoms with Crippen LogP contribution in [0, 0.1) is 0 Å². The summed E-state index contributed by atoms with van der Waals surface area (Å²) in [5, 5.41) is 9.89. The number of rotatable bonds is 3. The molecule has 0 unspecified atom stereocenters. The first-order chi connectivity index (χ1) is 8.19. The number of phenolic OH excluding ortho intramolecular Hbond substituents is 1. The number of pyridine rings is 1. The topological polar surface area (TPSA) is 33.1 Å². The van der Waals surface area contributed by atoms with Crippen LogP contribution in [0.25, 0.3) is 0 Å². The van der Waals surface area contributed by atoms with Crippen LogP contribution in [-0.2, 0) is 12.8 Å². The van der Waals surface area contributed by atoms with Crippen LogP contribution in [0.3, 0.4) is 0 Å². The highest BCUT2D eigenvalue weighted by atomic mass is 35.5. The second-order valence-corrected chi connectivity index (χ2v) is 4.38. The van der Waals surface area contributed by atoms with Crippen molar-refractivity contribution in [2.45, 2.75) is 19.8 Å². The van der Waals surface area contributed by atoms with Crippen LogP contribution < -0.4 is 0 Å². The van der Waals surface area contributed by atoms with Crippen molar-refractivity contribution < 1.29 is 5.11 Å². The Morgan fingerprint density at radius 3 is 2.53 bits per heavy atom. The number of aromatic nitrogens is 1. The molecule has 0 aliphatic heterocycles. The van der Waals surface area contributed by atoms with Crippen LogP contribution in [-0.4, -0.2) is 10.1 Å². The van der Waals surface area contributed by atoms with Gasteiger partial charge in [0.1, 0.15) is 5.75 Å².